The fraction of sp³-hybridized carbons (Fsp3) is 0.231. The summed E-state index contributed by atoms with van der Waals surface area (Å²) in [5.74, 6) is -0.00314. The molecular formula is C13H15N3OS. The minimum absolute atomic E-state index is 0.00314. The molecule has 18 heavy (non-hydrogen) atoms. The summed E-state index contributed by atoms with van der Waals surface area (Å²) in [5, 5.41) is 0. The van der Waals surface area contributed by atoms with Crippen molar-refractivity contribution in [2.45, 2.75) is 13.5 Å². The lowest BCUT2D eigenvalue weighted by Gasteiger charge is -2.16. The molecule has 4 nitrogen and oxygen atoms in total. The van der Waals surface area contributed by atoms with Crippen LogP contribution >= 0.6 is 11.3 Å². The van der Waals surface area contributed by atoms with Gasteiger partial charge in [-0.15, -0.1) is 11.3 Å². The van der Waals surface area contributed by atoms with Gasteiger partial charge >= 0.3 is 0 Å². The van der Waals surface area contributed by atoms with Gasteiger partial charge in [0.15, 0.2) is 0 Å². The molecule has 94 valence electrons. The Balaban J connectivity index is 2.09. The molecule has 2 rings (SSSR count). The second kappa shape index (κ2) is 5.18. The Bertz CT molecular complexity index is 531. The lowest BCUT2D eigenvalue weighted by Crippen LogP contribution is -2.25. The van der Waals surface area contributed by atoms with Gasteiger partial charge in [0, 0.05) is 36.6 Å². The number of aromatic nitrogens is 1. The van der Waals surface area contributed by atoms with Gasteiger partial charge in [0.1, 0.15) is 0 Å². The van der Waals surface area contributed by atoms with Gasteiger partial charge in [0.2, 0.25) is 0 Å². The summed E-state index contributed by atoms with van der Waals surface area (Å²) in [5.41, 5.74) is 7.50. The van der Waals surface area contributed by atoms with Crippen molar-refractivity contribution in [1.82, 2.24) is 9.88 Å². The van der Waals surface area contributed by atoms with E-state index in [1.165, 1.54) is 11.3 Å². The Hall–Kier alpha value is -1.88. The van der Waals surface area contributed by atoms with E-state index in [1.54, 1.807) is 30.4 Å². The van der Waals surface area contributed by atoms with Gasteiger partial charge in [-0.25, -0.2) is 0 Å². The van der Waals surface area contributed by atoms with Crippen LogP contribution in [0.2, 0.25) is 0 Å². The maximum absolute atomic E-state index is 12.2. The van der Waals surface area contributed by atoms with Crippen LogP contribution < -0.4 is 5.73 Å². The van der Waals surface area contributed by atoms with Crippen molar-refractivity contribution in [3.8, 4) is 0 Å². The van der Waals surface area contributed by atoms with E-state index < -0.39 is 0 Å². The number of carbonyl (C=O) groups excluding carboxylic acids is 1. The number of aryl methyl sites for hydroxylation is 1. The van der Waals surface area contributed by atoms with Gasteiger partial charge in [-0.1, -0.05) is 0 Å². The SMILES string of the molecule is Cc1sc(C(=O)N(C)Cc2ccncc2)cc1N. The second-order valence-corrected chi connectivity index (χ2v) is 5.40. The van der Waals surface area contributed by atoms with Crippen LogP contribution in [0.4, 0.5) is 5.69 Å². The van der Waals surface area contributed by atoms with E-state index in [2.05, 4.69) is 4.98 Å². The van der Waals surface area contributed by atoms with E-state index in [-0.39, 0.29) is 5.91 Å². The van der Waals surface area contributed by atoms with Crippen LogP contribution in [0.5, 0.6) is 0 Å². The molecule has 1 amide bonds. The van der Waals surface area contributed by atoms with Crippen molar-refractivity contribution in [2.75, 3.05) is 12.8 Å². The number of anilines is 1. The highest BCUT2D eigenvalue weighted by molar-refractivity contribution is 7.14. The Labute approximate surface area is 110 Å². The Morgan fingerprint density at radius 1 is 1.44 bits per heavy atom. The summed E-state index contributed by atoms with van der Waals surface area (Å²) in [6.45, 7) is 2.48. The number of carbonyl (C=O) groups is 1. The average molecular weight is 261 g/mol. The van der Waals surface area contributed by atoms with Crippen LogP contribution in [0.15, 0.2) is 30.6 Å². The van der Waals surface area contributed by atoms with Crippen molar-refractivity contribution >= 4 is 22.9 Å². The zero-order chi connectivity index (χ0) is 13.1. The molecule has 0 radical (unpaired) electrons. The molecule has 0 aliphatic rings. The Morgan fingerprint density at radius 2 is 2.11 bits per heavy atom. The second-order valence-electron chi connectivity index (χ2n) is 4.14. The summed E-state index contributed by atoms with van der Waals surface area (Å²) >= 11 is 1.43. The monoisotopic (exact) mass is 261 g/mol. The number of rotatable bonds is 3. The van der Waals surface area contributed by atoms with Crippen LogP contribution in [0, 0.1) is 6.92 Å². The number of hydrogen-bond acceptors (Lipinski definition) is 4. The molecule has 0 aromatic carbocycles. The first kappa shape index (κ1) is 12.6. The van der Waals surface area contributed by atoms with E-state index in [0.717, 1.165) is 10.4 Å². The molecular weight excluding hydrogens is 246 g/mol. The number of thiophene rings is 1. The minimum Gasteiger partial charge on any atom is -0.398 e. The van der Waals surface area contributed by atoms with Gasteiger partial charge in [0.05, 0.1) is 4.88 Å². The standard InChI is InChI=1S/C13H15N3OS/c1-9-11(14)7-12(18-9)13(17)16(2)8-10-3-5-15-6-4-10/h3-7H,8,14H2,1-2H3. The van der Waals surface area contributed by atoms with E-state index in [4.69, 9.17) is 5.73 Å². The largest absolute Gasteiger partial charge is 0.398 e. The summed E-state index contributed by atoms with van der Waals surface area (Å²) in [7, 11) is 1.79. The van der Waals surface area contributed by atoms with E-state index >= 15 is 0 Å². The topological polar surface area (TPSA) is 59.2 Å². The number of nitrogen functional groups attached to an aromatic ring is 1. The quantitative estimate of drug-likeness (QED) is 0.922. The highest BCUT2D eigenvalue weighted by Gasteiger charge is 2.15. The lowest BCUT2D eigenvalue weighted by molar-refractivity contribution is 0.0790. The van der Waals surface area contributed by atoms with Crippen LogP contribution in [0.3, 0.4) is 0 Å². The number of hydrogen-bond donors (Lipinski definition) is 1. The number of nitrogens with zero attached hydrogens (tertiary/aromatic N) is 2. The molecule has 2 aromatic heterocycles. The normalized spacial score (nSPS) is 10.3. The number of nitrogens with two attached hydrogens (primary N) is 1. The molecule has 0 aliphatic heterocycles. The maximum atomic E-state index is 12.2. The molecule has 0 fully saturated rings. The third-order valence-electron chi connectivity index (χ3n) is 2.68. The molecule has 0 spiro atoms. The van der Waals surface area contributed by atoms with Gasteiger partial charge in [-0.2, -0.15) is 0 Å². The molecule has 0 unspecified atom stereocenters. The average Bonchev–Trinajstić information content (AvgIpc) is 2.70. The van der Waals surface area contributed by atoms with Gasteiger partial charge < -0.3 is 10.6 Å². The van der Waals surface area contributed by atoms with Crippen molar-refractivity contribution in [3.05, 3.63) is 45.9 Å². The third-order valence-corrected chi connectivity index (χ3v) is 3.74. The highest BCUT2D eigenvalue weighted by atomic mass is 32.1. The van der Waals surface area contributed by atoms with E-state index in [0.29, 0.717) is 17.1 Å². The first-order valence-corrected chi connectivity index (χ1v) is 6.40. The highest BCUT2D eigenvalue weighted by Crippen LogP contribution is 2.24. The Kier molecular flexibility index (Phi) is 3.62. The first-order valence-electron chi connectivity index (χ1n) is 5.58. The fourth-order valence-corrected chi connectivity index (χ4v) is 2.56. The molecule has 5 heteroatoms. The Morgan fingerprint density at radius 3 is 2.67 bits per heavy atom. The molecule has 0 bridgehead atoms. The zero-order valence-corrected chi connectivity index (χ0v) is 11.2. The van der Waals surface area contributed by atoms with Crippen molar-refractivity contribution in [2.24, 2.45) is 0 Å². The lowest BCUT2D eigenvalue weighted by atomic mass is 10.2. The van der Waals surface area contributed by atoms with Crippen molar-refractivity contribution in [3.63, 3.8) is 0 Å². The van der Waals surface area contributed by atoms with E-state index in [9.17, 15) is 4.79 Å². The summed E-state index contributed by atoms with van der Waals surface area (Å²) in [6.07, 6.45) is 3.45. The van der Waals surface area contributed by atoms with Crippen LogP contribution in [0.1, 0.15) is 20.1 Å². The maximum Gasteiger partial charge on any atom is 0.264 e. The number of pyridine rings is 1. The predicted molar refractivity (Wildman–Crippen MR) is 73.5 cm³/mol. The molecule has 0 saturated carbocycles. The molecule has 0 aliphatic carbocycles. The summed E-state index contributed by atoms with van der Waals surface area (Å²) in [4.78, 5) is 19.5. The summed E-state index contributed by atoms with van der Waals surface area (Å²) in [6, 6.07) is 5.54. The van der Waals surface area contributed by atoms with Crippen molar-refractivity contribution < 1.29 is 4.79 Å². The molecule has 0 saturated heterocycles. The molecule has 2 N–H and O–H groups in total. The smallest absolute Gasteiger partial charge is 0.264 e. The zero-order valence-electron chi connectivity index (χ0n) is 10.4. The van der Waals surface area contributed by atoms with Crippen LogP contribution in [-0.4, -0.2) is 22.8 Å². The van der Waals surface area contributed by atoms with Crippen LogP contribution in [0.25, 0.3) is 0 Å². The summed E-state index contributed by atoms with van der Waals surface area (Å²) < 4.78 is 0. The number of amides is 1. The predicted octanol–water partition coefficient (Wildman–Crippen LogP) is 2.31. The van der Waals surface area contributed by atoms with Gasteiger partial charge in [0.25, 0.3) is 5.91 Å². The molecule has 2 aromatic rings. The third kappa shape index (κ3) is 2.68. The minimum atomic E-state index is -0.00314. The molecule has 0 atom stereocenters. The van der Waals surface area contributed by atoms with Crippen LogP contribution in [-0.2, 0) is 6.54 Å². The van der Waals surface area contributed by atoms with E-state index in [1.807, 2.05) is 19.1 Å². The molecule has 2 heterocycles. The van der Waals surface area contributed by atoms with Gasteiger partial charge in [-0.05, 0) is 30.7 Å². The first-order chi connectivity index (χ1) is 8.58. The van der Waals surface area contributed by atoms with Gasteiger partial charge in [-0.3, -0.25) is 9.78 Å². The fourth-order valence-electron chi connectivity index (χ4n) is 1.62. The van der Waals surface area contributed by atoms with Crippen molar-refractivity contribution in [1.29, 1.82) is 0 Å².